The maximum absolute atomic E-state index is 12.8. The summed E-state index contributed by atoms with van der Waals surface area (Å²) in [7, 11) is 0. The molecule has 1 aliphatic heterocycles. The lowest BCUT2D eigenvalue weighted by atomic mass is 10.1. The third-order valence-electron chi connectivity index (χ3n) is 4.23. The number of anilines is 1. The molecule has 0 saturated carbocycles. The minimum absolute atomic E-state index is 0.264. The van der Waals surface area contributed by atoms with E-state index in [1.54, 1.807) is 31.2 Å². The molecular weight excluding hydrogens is 394 g/mol. The van der Waals surface area contributed by atoms with Gasteiger partial charge in [0, 0.05) is 16.0 Å². The minimum Gasteiger partial charge on any atom is -0.269 e. The van der Waals surface area contributed by atoms with Gasteiger partial charge in [-0.2, -0.15) is 20.3 Å². The number of azo groups is 1. The number of rotatable bonds is 4. The van der Waals surface area contributed by atoms with E-state index in [0.717, 1.165) is 11.3 Å². The predicted molar refractivity (Wildman–Crippen MR) is 113 cm³/mol. The number of halogens is 1. The molecule has 2 heterocycles. The number of nitrogens with zero attached hydrogens (tertiary/aromatic N) is 5. The van der Waals surface area contributed by atoms with E-state index in [-0.39, 0.29) is 5.91 Å². The molecule has 0 bridgehead atoms. The first-order chi connectivity index (χ1) is 13.5. The number of hydrogen-bond donors (Lipinski definition) is 0. The van der Waals surface area contributed by atoms with Crippen molar-refractivity contribution in [1.82, 2.24) is 4.98 Å². The van der Waals surface area contributed by atoms with Crippen LogP contribution in [0.15, 0.2) is 69.2 Å². The first kappa shape index (κ1) is 18.5. The summed E-state index contributed by atoms with van der Waals surface area (Å²) < 4.78 is 0. The Morgan fingerprint density at radius 2 is 1.79 bits per heavy atom. The topological polar surface area (TPSA) is 70.3 Å². The van der Waals surface area contributed by atoms with Crippen LogP contribution in [0, 0.1) is 6.92 Å². The van der Waals surface area contributed by atoms with Gasteiger partial charge in [-0.1, -0.05) is 41.4 Å². The van der Waals surface area contributed by atoms with Crippen molar-refractivity contribution in [3.63, 3.8) is 0 Å². The Morgan fingerprint density at radius 1 is 1.07 bits per heavy atom. The Labute approximate surface area is 171 Å². The predicted octanol–water partition coefficient (Wildman–Crippen LogP) is 5.65. The monoisotopic (exact) mass is 409 g/mol. The standard InChI is InChI=1S/C20H16ClN5OS/c1-12-3-5-14(6-4-12)17-11-28-20(22-17)26-19(27)18(13(2)25-26)24-23-16-9-7-15(21)8-10-16/h3-11,18H,1-2H3. The van der Waals surface area contributed by atoms with Crippen molar-refractivity contribution in [2.24, 2.45) is 15.3 Å². The van der Waals surface area contributed by atoms with Crippen molar-refractivity contribution >= 4 is 45.4 Å². The summed E-state index contributed by atoms with van der Waals surface area (Å²) in [5.74, 6) is -0.264. The van der Waals surface area contributed by atoms with E-state index in [4.69, 9.17) is 11.6 Å². The van der Waals surface area contributed by atoms with Crippen LogP contribution in [0.4, 0.5) is 10.8 Å². The Morgan fingerprint density at radius 3 is 2.50 bits per heavy atom. The van der Waals surface area contributed by atoms with Gasteiger partial charge >= 0.3 is 0 Å². The molecule has 3 aromatic rings. The molecule has 1 aromatic heterocycles. The second-order valence-electron chi connectivity index (χ2n) is 6.37. The van der Waals surface area contributed by atoms with Gasteiger partial charge in [-0.25, -0.2) is 4.98 Å². The van der Waals surface area contributed by atoms with Crippen LogP contribution < -0.4 is 5.01 Å². The smallest absolute Gasteiger partial charge is 0.269 e. The highest BCUT2D eigenvalue weighted by Gasteiger charge is 2.36. The van der Waals surface area contributed by atoms with Gasteiger partial charge in [0.25, 0.3) is 5.91 Å². The SMILES string of the molecule is CC1=NN(c2nc(-c3ccc(C)cc3)cs2)C(=O)C1N=Nc1ccc(Cl)cc1. The number of aromatic nitrogens is 1. The Balaban J connectivity index is 1.53. The number of aryl methyl sites for hydroxylation is 1. The summed E-state index contributed by atoms with van der Waals surface area (Å²) in [5, 5.41) is 17.0. The van der Waals surface area contributed by atoms with Crippen molar-refractivity contribution in [2.75, 3.05) is 5.01 Å². The van der Waals surface area contributed by atoms with E-state index in [0.29, 0.717) is 21.6 Å². The van der Waals surface area contributed by atoms with Crippen molar-refractivity contribution in [3.05, 3.63) is 64.5 Å². The summed E-state index contributed by atoms with van der Waals surface area (Å²) in [6.07, 6.45) is 0. The lowest BCUT2D eigenvalue weighted by Crippen LogP contribution is -2.29. The van der Waals surface area contributed by atoms with E-state index < -0.39 is 6.04 Å². The molecule has 0 saturated heterocycles. The zero-order valence-corrected chi connectivity index (χ0v) is 16.8. The van der Waals surface area contributed by atoms with Gasteiger partial charge in [0.1, 0.15) is 0 Å². The number of benzene rings is 2. The first-order valence-corrected chi connectivity index (χ1v) is 9.85. The van der Waals surface area contributed by atoms with Crippen molar-refractivity contribution in [3.8, 4) is 11.3 Å². The molecule has 0 N–H and O–H groups in total. The molecular formula is C20H16ClN5OS. The summed E-state index contributed by atoms with van der Waals surface area (Å²) in [6, 6.07) is 14.3. The number of hydrogen-bond acceptors (Lipinski definition) is 6. The highest BCUT2D eigenvalue weighted by Crippen LogP contribution is 2.31. The molecule has 0 spiro atoms. The summed E-state index contributed by atoms with van der Waals surface area (Å²) >= 11 is 7.24. The number of carbonyl (C=O) groups excluding carboxylic acids is 1. The Kier molecular flexibility index (Phi) is 5.02. The van der Waals surface area contributed by atoms with E-state index >= 15 is 0 Å². The van der Waals surface area contributed by atoms with E-state index in [1.165, 1.54) is 21.9 Å². The Hall–Kier alpha value is -2.90. The van der Waals surface area contributed by atoms with Gasteiger partial charge in [-0.05, 0) is 38.1 Å². The van der Waals surface area contributed by atoms with Gasteiger partial charge in [0.05, 0.1) is 17.1 Å². The molecule has 4 rings (SSSR count). The summed E-state index contributed by atoms with van der Waals surface area (Å²) in [4.78, 5) is 17.4. The lowest BCUT2D eigenvalue weighted by Gasteiger charge is -2.08. The van der Waals surface area contributed by atoms with Crippen LogP contribution in [0.25, 0.3) is 11.3 Å². The molecule has 8 heteroatoms. The number of amides is 1. The number of hydrazone groups is 1. The van der Waals surface area contributed by atoms with Crippen LogP contribution >= 0.6 is 22.9 Å². The van der Waals surface area contributed by atoms with Crippen molar-refractivity contribution in [1.29, 1.82) is 0 Å². The zero-order valence-electron chi connectivity index (χ0n) is 15.2. The van der Waals surface area contributed by atoms with Gasteiger partial charge in [0.2, 0.25) is 5.13 Å². The number of carbonyl (C=O) groups is 1. The van der Waals surface area contributed by atoms with E-state index in [1.807, 2.05) is 36.6 Å². The summed E-state index contributed by atoms with van der Waals surface area (Å²) in [5.41, 5.74) is 4.20. The Bertz CT molecular complexity index is 1070. The molecule has 1 amide bonds. The molecule has 0 fully saturated rings. The normalized spacial score (nSPS) is 16.8. The average molecular weight is 410 g/mol. The third-order valence-corrected chi connectivity index (χ3v) is 5.30. The fourth-order valence-electron chi connectivity index (χ4n) is 2.68. The zero-order chi connectivity index (χ0) is 19.7. The van der Waals surface area contributed by atoms with E-state index in [9.17, 15) is 4.79 Å². The van der Waals surface area contributed by atoms with Gasteiger partial charge < -0.3 is 0 Å². The third kappa shape index (κ3) is 3.72. The quantitative estimate of drug-likeness (QED) is 0.522. The molecule has 28 heavy (non-hydrogen) atoms. The highest BCUT2D eigenvalue weighted by atomic mass is 35.5. The van der Waals surface area contributed by atoms with Gasteiger partial charge in [-0.3, -0.25) is 4.79 Å². The fraction of sp³-hybridized carbons (Fsp3) is 0.150. The maximum atomic E-state index is 12.8. The van der Waals surface area contributed by atoms with Crippen LogP contribution in [0.2, 0.25) is 5.02 Å². The summed E-state index contributed by atoms with van der Waals surface area (Å²) in [6.45, 7) is 3.80. The largest absolute Gasteiger partial charge is 0.282 e. The van der Waals surface area contributed by atoms with Crippen LogP contribution in [0.1, 0.15) is 12.5 Å². The first-order valence-electron chi connectivity index (χ1n) is 8.59. The van der Waals surface area contributed by atoms with Gasteiger partial charge in [0.15, 0.2) is 6.04 Å². The molecule has 6 nitrogen and oxygen atoms in total. The number of thiazole rings is 1. The molecule has 1 atom stereocenters. The maximum Gasteiger partial charge on any atom is 0.282 e. The minimum atomic E-state index is -0.748. The molecule has 2 aromatic carbocycles. The molecule has 1 unspecified atom stereocenters. The van der Waals surface area contributed by atoms with Crippen LogP contribution in [-0.2, 0) is 4.79 Å². The second kappa shape index (κ2) is 7.61. The molecule has 0 aliphatic carbocycles. The molecule has 0 radical (unpaired) electrons. The van der Waals surface area contributed by atoms with Crippen LogP contribution in [0.5, 0.6) is 0 Å². The van der Waals surface area contributed by atoms with Crippen molar-refractivity contribution in [2.45, 2.75) is 19.9 Å². The average Bonchev–Trinajstić information content (AvgIpc) is 3.27. The lowest BCUT2D eigenvalue weighted by molar-refractivity contribution is -0.117. The van der Waals surface area contributed by atoms with Crippen LogP contribution in [-0.4, -0.2) is 22.6 Å². The fourth-order valence-corrected chi connectivity index (χ4v) is 3.59. The van der Waals surface area contributed by atoms with Crippen molar-refractivity contribution < 1.29 is 4.79 Å². The molecule has 140 valence electrons. The van der Waals surface area contributed by atoms with Crippen LogP contribution in [0.3, 0.4) is 0 Å². The van der Waals surface area contributed by atoms with E-state index in [2.05, 4.69) is 20.3 Å². The van der Waals surface area contributed by atoms with Gasteiger partial charge in [-0.15, -0.1) is 11.3 Å². The molecule has 1 aliphatic rings. The second-order valence-corrected chi connectivity index (χ2v) is 7.64. The highest BCUT2D eigenvalue weighted by molar-refractivity contribution is 7.14.